The summed E-state index contributed by atoms with van der Waals surface area (Å²) in [6.07, 6.45) is 5.04. The van der Waals surface area contributed by atoms with E-state index in [0.717, 1.165) is 11.1 Å². The van der Waals surface area contributed by atoms with Crippen LogP contribution in [0.3, 0.4) is 0 Å². The van der Waals surface area contributed by atoms with Gasteiger partial charge in [0.15, 0.2) is 0 Å². The van der Waals surface area contributed by atoms with E-state index in [9.17, 15) is 14.4 Å². The van der Waals surface area contributed by atoms with Crippen molar-refractivity contribution in [3.05, 3.63) is 89.1 Å². The highest BCUT2D eigenvalue weighted by Crippen LogP contribution is 2.43. The number of hydrogen-bond acceptors (Lipinski definition) is 10. The smallest absolute Gasteiger partial charge is 0.413 e. The third kappa shape index (κ3) is 7.63. The highest BCUT2D eigenvalue weighted by atomic mass is 16.6. The molecule has 0 saturated carbocycles. The summed E-state index contributed by atoms with van der Waals surface area (Å²) in [6.45, 7) is 6.96. The van der Waals surface area contributed by atoms with Crippen LogP contribution >= 0.6 is 0 Å². The Hall–Kier alpha value is -5.56. The molecule has 6 rings (SSSR count). The molecule has 0 aliphatic carbocycles. The topological polar surface area (TPSA) is 178 Å². The third-order valence-electron chi connectivity index (χ3n) is 9.78. The summed E-state index contributed by atoms with van der Waals surface area (Å²) < 4.78 is 10.5. The monoisotopic (exact) mass is 692 g/mol. The average Bonchev–Trinajstić information content (AvgIpc) is 3.69. The molecule has 3 amide bonds. The Morgan fingerprint density at radius 3 is 2.43 bits per heavy atom. The molecule has 0 unspecified atom stereocenters. The maximum atomic E-state index is 14.0. The van der Waals surface area contributed by atoms with Gasteiger partial charge in [0.2, 0.25) is 23.6 Å². The maximum Gasteiger partial charge on any atom is 0.413 e. The lowest BCUT2D eigenvalue weighted by molar-refractivity contribution is -0.132. The first kappa shape index (κ1) is 35.3. The number of nitrogen functional groups attached to an aromatic ring is 1. The van der Waals surface area contributed by atoms with Crippen molar-refractivity contribution in [2.24, 2.45) is 5.41 Å². The number of benzene rings is 2. The Bertz CT molecular complexity index is 1870. The summed E-state index contributed by atoms with van der Waals surface area (Å²) in [5, 5.41) is 19.1. The molecule has 1 atom stereocenters. The zero-order valence-electron chi connectivity index (χ0n) is 29.2. The minimum Gasteiger partial charge on any atom is -0.475 e. The van der Waals surface area contributed by atoms with Crippen LogP contribution in [0.4, 0.5) is 16.2 Å². The van der Waals surface area contributed by atoms with Crippen LogP contribution in [0.15, 0.2) is 66.9 Å². The lowest BCUT2D eigenvalue weighted by atomic mass is 9.85. The van der Waals surface area contributed by atoms with Gasteiger partial charge in [0.05, 0.1) is 23.8 Å². The number of pyridine rings is 1. The molecule has 3 aliphatic heterocycles. The number of nitrogens with zero attached hydrogens (tertiary/aromatic N) is 4. The number of nitrogens with two attached hydrogens (primary N) is 1. The number of nitrogens with one attached hydrogen (secondary N) is 3. The van der Waals surface area contributed by atoms with Crippen molar-refractivity contribution in [3.8, 4) is 5.88 Å². The van der Waals surface area contributed by atoms with Crippen LogP contribution in [-0.4, -0.2) is 96.7 Å². The first-order valence-electron chi connectivity index (χ1n) is 17.2. The van der Waals surface area contributed by atoms with E-state index in [1.165, 1.54) is 7.05 Å². The van der Waals surface area contributed by atoms with Gasteiger partial charge in [0, 0.05) is 73.6 Å². The number of alkyl carbamates (subject to hydrolysis) is 1. The molecule has 3 aromatic rings. The van der Waals surface area contributed by atoms with E-state index in [1.807, 2.05) is 43.0 Å². The van der Waals surface area contributed by atoms with Gasteiger partial charge >= 0.3 is 6.09 Å². The number of hydrogen-bond donors (Lipinski definition) is 4. The molecular formula is C38H44N8O5. The van der Waals surface area contributed by atoms with Gasteiger partial charge in [-0.25, -0.2) is 9.78 Å². The first-order chi connectivity index (χ1) is 24.5. The number of carbonyl (C=O) groups excluding carboxylic acids is 3. The largest absolute Gasteiger partial charge is 0.475 e. The van der Waals surface area contributed by atoms with Crippen molar-refractivity contribution >= 4 is 46.5 Å². The van der Waals surface area contributed by atoms with Crippen molar-refractivity contribution in [2.45, 2.75) is 39.2 Å². The molecule has 1 aromatic heterocycles. The maximum absolute atomic E-state index is 14.0. The molecule has 13 nitrogen and oxygen atoms in total. The summed E-state index contributed by atoms with van der Waals surface area (Å²) >= 11 is 0. The number of amides is 3. The number of ether oxygens (including phenoxy) is 2. The summed E-state index contributed by atoms with van der Waals surface area (Å²) in [5.74, 6) is 0.347. The Labute approximate surface area is 297 Å². The molecule has 4 heterocycles. The van der Waals surface area contributed by atoms with Crippen LogP contribution in [0.5, 0.6) is 5.88 Å². The van der Waals surface area contributed by atoms with E-state index < -0.39 is 11.5 Å². The molecule has 1 spiro atoms. The van der Waals surface area contributed by atoms with Crippen molar-refractivity contribution in [1.29, 1.82) is 10.8 Å². The van der Waals surface area contributed by atoms with Crippen LogP contribution in [0.1, 0.15) is 55.4 Å². The number of aromatic nitrogens is 1. The van der Waals surface area contributed by atoms with Gasteiger partial charge in [-0.2, -0.15) is 0 Å². The van der Waals surface area contributed by atoms with Crippen molar-refractivity contribution in [3.63, 3.8) is 0 Å². The van der Waals surface area contributed by atoms with Gasteiger partial charge in [-0.1, -0.05) is 18.2 Å². The van der Waals surface area contributed by atoms with E-state index >= 15 is 0 Å². The Morgan fingerprint density at radius 1 is 1.02 bits per heavy atom. The first-order valence-corrected chi connectivity index (χ1v) is 17.2. The second-order valence-electron chi connectivity index (χ2n) is 13.5. The standard InChI is InChI=1S/C38H44N8O5/c1-24(2)50-32-11-8-28(21-43-32)34(40)30-20-29(9-10-31(30)39)46-19-15-38(36(46)48)14-18-44(23-38)22-33(47)45-16-12-26(13-17-45)25-4-6-27(7-5-25)35(41)51-37(49)42-3/h4-12,20-21,24,40-41H,13-19,22-23,39H2,1-3H3,(H,42,49)/t38-/m0/s1. The molecule has 0 bridgehead atoms. The molecule has 3 aliphatic rings. The molecule has 266 valence electrons. The number of rotatable bonds is 9. The zero-order chi connectivity index (χ0) is 36.3. The Morgan fingerprint density at radius 2 is 1.76 bits per heavy atom. The van der Waals surface area contributed by atoms with Gasteiger partial charge in [0.25, 0.3) is 0 Å². The Kier molecular flexibility index (Phi) is 10.2. The minimum atomic E-state index is -0.690. The van der Waals surface area contributed by atoms with Gasteiger partial charge in [-0.05, 0) is 87.2 Å². The van der Waals surface area contributed by atoms with E-state index in [4.69, 9.17) is 26.0 Å². The highest BCUT2D eigenvalue weighted by Gasteiger charge is 2.51. The van der Waals surface area contributed by atoms with E-state index in [2.05, 4.69) is 21.3 Å². The van der Waals surface area contributed by atoms with E-state index in [1.54, 1.807) is 41.4 Å². The predicted octanol–water partition coefficient (Wildman–Crippen LogP) is 4.29. The summed E-state index contributed by atoms with van der Waals surface area (Å²) in [5.41, 5.74) is 10.9. The molecule has 0 radical (unpaired) electrons. The second kappa shape index (κ2) is 14.7. The molecule has 2 saturated heterocycles. The second-order valence-corrected chi connectivity index (χ2v) is 13.5. The SMILES string of the molecule is CNC(=O)OC(=N)c1ccc(C2=CCN(C(=O)CN3CC[C@]4(CCN(c5ccc(N)c(C(=N)c6ccc(OC(C)C)nc6)c5)C4=O)C3)CC2)cc1. The van der Waals surface area contributed by atoms with Crippen molar-refractivity contribution in [2.75, 3.05) is 56.9 Å². The highest BCUT2D eigenvalue weighted by molar-refractivity contribution is 6.14. The molecule has 5 N–H and O–H groups in total. The van der Waals surface area contributed by atoms with Crippen LogP contribution < -0.4 is 20.7 Å². The summed E-state index contributed by atoms with van der Waals surface area (Å²) in [6, 6.07) is 16.2. The van der Waals surface area contributed by atoms with Gasteiger partial charge in [0.1, 0.15) is 0 Å². The van der Waals surface area contributed by atoms with E-state index in [0.29, 0.717) is 85.9 Å². The van der Waals surface area contributed by atoms with Gasteiger partial charge in [-0.15, -0.1) is 0 Å². The van der Waals surface area contributed by atoms with Crippen molar-refractivity contribution in [1.82, 2.24) is 20.1 Å². The van der Waals surface area contributed by atoms with Crippen LogP contribution in [0, 0.1) is 16.2 Å². The quantitative estimate of drug-likeness (QED) is 0.146. The molecule has 13 heteroatoms. The number of likely N-dealkylation sites (tertiary alicyclic amines) is 1. The fraction of sp³-hybridized carbons (Fsp3) is 0.368. The van der Waals surface area contributed by atoms with Gasteiger partial charge < -0.3 is 30.3 Å². The normalized spacial score (nSPS) is 19.0. The van der Waals surface area contributed by atoms with E-state index in [-0.39, 0.29) is 36.1 Å². The average molecular weight is 693 g/mol. The number of anilines is 2. The molecular weight excluding hydrogens is 648 g/mol. The molecule has 2 aromatic carbocycles. The van der Waals surface area contributed by atoms with Crippen LogP contribution in [-0.2, 0) is 14.3 Å². The predicted molar refractivity (Wildman–Crippen MR) is 195 cm³/mol. The number of carbonyl (C=O) groups is 3. The molecule has 51 heavy (non-hydrogen) atoms. The van der Waals surface area contributed by atoms with Gasteiger partial charge in [-0.3, -0.25) is 25.3 Å². The fourth-order valence-electron chi connectivity index (χ4n) is 6.95. The fourth-order valence-corrected chi connectivity index (χ4v) is 6.95. The third-order valence-corrected chi connectivity index (χ3v) is 9.78. The summed E-state index contributed by atoms with van der Waals surface area (Å²) in [4.78, 5) is 48.8. The summed E-state index contributed by atoms with van der Waals surface area (Å²) in [7, 11) is 1.44. The molecule has 2 fully saturated rings. The lowest BCUT2D eigenvalue weighted by Crippen LogP contribution is -2.43. The minimum absolute atomic E-state index is 0.00832. The van der Waals surface area contributed by atoms with Crippen molar-refractivity contribution < 1.29 is 23.9 Å². The van der Waals surface area contributed by atoms with Crippen LogP contribution in [0.25, 0.3) is 5.57 Å². The Balaban J connectivity index is 1.04. The van der Waals surface area contributed by atoms with Crippen LogP contribution in [0.2, 0.25) is 0 Å². The lowest BCUT2D eigenvalue weighted by Gasteiger charge is -2.29. The zero-order valence-corrected chi connectivity index (χ0v) is 29.2.